The van der Waals surface area contributed by atoms with Crippen LogP contribution in [0.15, 0.2) is 47.5 Å². The van der Waals surface area contributed by atoms with Crippen LogP contribution in [0.1, 0.15) is 30.9 Å². The number of carboxylic acids is 1. The summed E-state index contributed by atoms with van der Waals surface area (Å²) in [5.41, 5.74) is 7.41. The van der Waals surface area contributed by atoms with Crippen LogP contribution in [0.5, 0.6) is 5.75 Å². The summed E-state index contributed by atoms with van der Waals surface area (Å²) in [6.07, 6.45) is 2.83. The number of fused-ring (bicyclic) bond motifs is 1. The number of likely N-dealkylation sites (tertiary alicyclic amines) is 1. The number of carbonyl (C=O) groups is 1. The lowest BCUT2D eigenvalue weighted by Crippen LogP contribution is -2.44. The Morgan fingerprint density at radius 1 is 1.24 bits per heavy atom. The van der Waals surface area contributed by atoms with Crippen molar-refractivity contribution < 1.29 is 27.8 Å². The number of benzene rings is 2. The van der Waals surface area contributed by atoms with E-state index >= 15 is 0 Å². The summed E-state index contributed by atoms with van der Waals surface area (Å²) in [6.45, 7) is 1.71. The van der Waals surface area contributed by atoms with Gasteiger partial charge in [-0.25, -0.2) is 13.2 Å². The predicted octanol–water partition coefficient (Wildman–Crippen LogP) is 5.26. The van der Waals surface area contributed by atoms with Gasteiger partial charge >= 0.3 is 5.97 Å². The second kappa shape index (κ2) is 12.1. The third-order valence-electron chi connectivity index (χ3n) is 6.96. The highest BCUT2D eigenvalue weighted by atomic mass is 32.2. The molecule has 1 fully saturated rings. The molecule has 37 heavy (non-hydrogen) atoms. The van der Waals surface area contributed by atoms with E-state index in [0.717, 1.165) is 6.07 Å². The minimum Gasteiger partial charge on any atom is -0.497 e. The van der Waals surface area contributed by atoms with Crippen LogP contribution in [0, 0.1) is 29.3 Å². The largest absolute Gasteiger partial charge is 0.497 e. The fourth-order valence-corrected chi connectivity index (χ4v) is 5.99. The van der Waals surface area contributed by atoms with Crippen LogP contribution in [-0.4, -0.2) is 53.5 Å². The maximum Gasteiger partial charge on any atom is 0.308 e. The first-order valence-corrected chi connectivity index (χ1v) is 13.2. The van der Waals surface area contributed by atoms with E-state index in [2.05, 4.69) is 9.88 Å². The van der Waals surface area contributed by atoms with Crippen molar-refractivity contribution in [3.05, 3.63) is 65.6 Å². The Morgan fingerprint density at radius 3 is 2.70 bits per heavy atom. The van der Waals surface area contributed by atoms with E-state index < -0.39 is 35.4 Å². The Hall–Kier alpha value is -2.82. The van der Waals surface area contributed by atoms with Crippen LogP contribution >= 0.6 is 11.8 Å². The van der Waals surface area contributed by atoms with Gasteiger partial charge in [-0.05, 0) is 62.1 Å². The zero-order chi connectivity index (χ0) is 26.5. The van der Waals surface area contributed by atoms with Gasteiger partial charge in [0.15, 0.2) is 0 Å². The lowest BCUT2D eigenvalue weighted by Gasteiger charge is -2.37. The molecule has 10 heteroatoms. The first-order valence-electron chi connectivity index (χ1n) is 12.2. The Bertz CT molecular complexity index is 1240. The quantitative estimate of drug-likeness (QED) is 0.344. The van der Waals surface area contributed by atoms with E-state index in [-0.39, 0.29) is 5.92 Å². The number of nitrogens with two attached hydrogens (primary N) is 1. The summed E-state index contributed by atoms with van der Waals surface area (Å²) in [5, 5.41) is 10.5. The minimum absolute atomic E-state index is 0.0875. The summed E-state index contributed by atoms with van der Waals surface area (Å²) >= 11 is 1.33. The highest BCUT2D eigenvalue weighted by molar-refractivity contribution is 7.99. The molecule has 1 aliphatic heterocycles. The molecule has 4 rings (SSSR count). The number of aliphatic carboxylic acids is 1. The predicted molar refractivity (Wildman–Crippen MR) is 137 cm³/mol. The number of aromatic nitrogens is 1. The minimum atomic E-state index is -0.867. The molecule has 3 aromatic rings. The van der Waals surface area contributed by atoms with Crippen molar-refractivity contribution in [3.8, 4) is 5.75 Å². The summed E-state index contributed by atoms with van der Waals surface area (Å²) in [5.74, 6) is -2.10. The Kier molecular flexibility index (Phi) is 8.94. The van der Waals surface area contributed by atoms with Gasteiger partial charge in [0, 0.05) is 46.8 Å². The van der Waals surface area contributed by atoms with Crippen LogP contribution in [-0.2, 0) is 4.79 Å². The van der Waals surface area contributed by atoms with Gasteiger partial charge in [0.2, 0.25) is 0 Å². The van der Waals surface area contributed by atoms with Crippen molar-refractivity contribution in [2.24, 2.45) is 17.6 Å². The molecule has 1 aromatic heterocycles. The molecule has 3 atom stereocenters. The molecule has 0 bridgehead atoms. The molecule has 6 nitrogen and oxygen atoms in total. The van der Waals surface area contributed by atoms with Crippen LogP contribution in [0.2, 0.25) is 0 Å². The molecule has 2 heterocycles. The van der Waals surface area contributed by atoms with Crippen molar-refractivity contribution in [3.63, 3.8) is 0 Å². The summed E-state index contributed by atoms with van der Waals surface area (Å²) in [4.78, 5) is 18.8. The Morgan fingerprint density at radius 2 is 2.00 bits per heavy atom. The number of ether oxygens (including phenoxy) is 1. The summed E-state index contributed by atoms with van der Waals surface area (Å²) in [7, 11) is 1.53. The van der Waals surface area contributed by atoms with E-state index in [1.807, 2.05) is 0 Å². The van der Waals surface area contributed by atoms with Crippen LogP contribution in [0.4, 0.5) is 13.2 Å². The van der Waals surface area contributed by atoms with Gasteiger partial charge in [-0.1, -0.05) is 0 Å². The second-order valence-electron chi connectivity index (χ2n) is 9.33. The third-order valence-corrected chi connectivity index (χ3v) is 7.91. The van der Waals surface area contributed by atoms with Gasteiger partial charge in [-0.15, -0.1) is 11.8 Å². The first-order chi connectivity index (χ1) is 17.7. The maximum atomic E-state index is 14.8. The molecule has 1 aliphatic rings. The van der Waals surface area contributed by atoms with Crippen LogP contribution in [0.3, 0.4) is 0 Å². The maximum absolute atomic E-state index is 14.8. The number of thioether (sulfide) groups is 1. The van der Waals surface area contributed by atoms with Gasteiger partial charge < -0.3 is 20.5 Å². The van der Waals surface area contributed by atoms with Crippen molar-refractivity contribution in [2.75, 3.05) is 32.5 Å². The molecule has 0 saturated carbocycles. The van der Waals surface area contributed by atoms with Gasteiger partial charge in [-0.2, -0.15) is 0 Å². The molecule has 3 N–H and O–H groups in total. The molecule has 3 unspecified atom stereocenters. The standard InChI is InChI=1S/C27H30F3N3O3S/c1-36-19-3-5-25-21(13-19)26(23(30)14-32-25)24(31)4-2-16-6-7-33(15-22(16)27(34)35)8-9-37-20-11-17(28)10-18(29)12-20/h3,5,10-14,16,22,24H,2,4,6-9,15,31H2,1H3,(H,34,35). The Labute approximate surface area is 218 Å². The molecule has 198 valence electrons. The van der Waals surface area contributed by atoms with Gasteiger partial charge in [-0.3, -0.25) is 9.78 Å². The topological polar surface area (TPSA) is 88.7 Å². The first kappa shape index (κ1) is 27.2. The number of nitrogens with zero attached hydrogens (tertiary/aromatic N) is 2. The number of carboxylic acid groups (broad SMARTS) is 1. The molecular weight excluding hydrogens is 503 g/mol. The number of pyridine rings is 1. The number of methoxy groups -OCH3 is 1. The van der Waals surface area contributed by atoms with E-state index in [1.54, 1.807) is 18.2 Å². The molecule has 0 aliphatic carbocycles. The molecule has 0 spiro atoms. The molecule has 0 radical (unpaired) electrons. The number of hydrogen-bond acceptors (Lipinski definition) is 6. The fraction of sp³-hybridized carbons (Fsp3) is 0.407. The lowest BCUT2D eigenvalue weighted by molar-refractivity contribution is -0.146. The zero-order valence-corrected chi connectivity index (χ0v) is 21.3. The third kappa shape index (κ3) is 6.74. The van der Waals surface area contributed by atoms with Crippen molar-refractivity contribution in [1.29, 1.82) is 0 Å². The fourth-order valence-electron chi connectivity index (χ4n) is 5.01. The van der Waals surface area contributed by atoms with E-state index in [0.29, 0.717) is 71.8 Å². The zero-order valence-electron chi connectivity index (χ0n) is 20.5. The molecule has 1 saturated heterocycles. The highest BCUT2D eigenvalue weighted by Crippen LogP contribution is 2.34. The van der Waals surface area contributed by atoms with Crippen LogP contribution in [0.25, 0.3) is 10.9 Å². The van der Waals surface area contributed by atoms with Gasteiger partial charge in [0.05, 0.1) is 24.7 Å². The van der Waals surface area contributed by atoms with Crippen molar-refractivity contribution in [2.45, 2.75) is 30.2 Å². The average Bonchev–Trinajstić information content (AvgIpc) is 2.86. The number of hydrogen-bond donors (Lipinski definition) is 2. The van der Waals surface area contributed by atoms with Crippen molar-refractivity contribution >= 4 is 28.6 Å². The highest BCUT2D eigenvalue weighted by Gasteiger charge is 2.34. The molecule has 0 amide bonds. The normalized spacial score (nSPS) is 19.2. The van der Waals surface area contributed by atoms with E-state index in [1.165, 1.54) is 37.2 Å². The second-order valence-corrected chi connectivity index (χ2v) is 10.5. The van der Waals surface area contributed by atoms with Crippen molar-refractivity contribution in [1.82, 2.24) is 9.88 Å². The van der Waals surface area contributed by atoms with E-state index in [9.17, 15) is 23.1 Å². The number of halogens is 3. The average molecular weight is 534 g/mol. The Balaban J connectivity index is 1.36. The monoisotopic (exact) mass is 533 g/mol. The van der Waals surface area contributed by atoms with Crippen LogP contribution < -0.4 is 10.5 Å². The molecule has 2 aromatic carbocycles. The smallest absolute Gasteiger partial charge is 0.308 e. The molecular formula is C27H30F3N3O3S. The summed E-state index contributed by atoms with van der Waals surface area (Å²) in [6, 6.07) is 8.01. The lowest BCUT2D eigenvalue weighted by atomic mass is 9.81. The SMILES string of the molecule is COc1ccc2ncc(F)c(C(N)CCC3CCN(CCSc4cc(F)cc(F)c4)CC3C(=O)O)c2c1. The van der Waals surface area contributed by atoms with Gasteiger partial charge in [0.1, 0.15) is 23.2 Å². The summed E-state index contributed by atoms with van der Waals surface area (Å²) < 4.78 is 46.8. The number of piperidine rings is 1. The number of rotatable bonds is 10. The van der Waals surface area contributed by atoms with E-state index in [4.69, 9.17) is 10.5 Å². The van der Waals surface area contributed by atoms with Gasteiger partial charge in [0.25, 0.3) is 0 Å².